The molecule has 22 heavy (non-hydrogen) atoms. The number of hydrogen-bond acceptors (Lipinski definition) is 6. The molecule has 2 aromatic rings. The van der Waals surface area contributed by atoms with Crippen molar-refractivity contribution in [3.8, 4) is 10.6 Å². The maximum absolute atomic E-state index is 12.1. The van der Waals surface area contributed by atoms with Crippen LogP contribution in [0.1, 0.15) is 12.8 Å². The summed E-state index contributed by atoms with van der Waals surface area (Å²) in [5.74, 6) is -1.14. The SMILES string of the molecule is O=C(O)C1CCN(C(=O)Nc2nnc(-c3ccsc3)s2)CC1. The van der Waals surface area contributed by atoms with Crippen molar-refractivity contribution in [1.29, 1.82) is 0 Å². The molecule has 1 aliphatic heterocycles. The Balaban J connectivity index is 1.57. The van der Waals surface area contributed by atoms with Crippen molar-refractivity contribution in [2.45, 2.75) is 12.8 Å². The zero-order chi connectivity index (χ0) is 15.5. The minimum Gasteiger partial charge on any atom is -0.481 e. The van der Waals surface area contributed by atoms with Gasteiger partial charge in [0, 0.05) is 24.0 Å². The average molecular weight is 338 g/mol. The fraction of sp³-hybridized carbons (Fsp3) is 0.385. The molecule has 1 fully saturated rings. The third kappa shape index (κ3) is 3.25. The Hall–Kier alpha value is -2.00. The quantitative estimate of drug-likeness (QED) is 0.897. The maximum Gasteiger partial charge on any atom is 0.323 e. The van der Waals surface area contributed by atoms with E-state index in [1.807, 2.05) is 16.8 Å². The summed E-state index contributed by atoms with van der Waals surface area (Å²) in [6.45, 7) is 0.887. The molecule has 2 N–H and O–H groups in total. The number of carboxylic acid groups (broad SMARTS) is 1. The third-order valence-corrected chi connectivity index (χ3v) is 5.11. The summed E-state index contributed by atoms with van der Waals surface area (Å²) in [7, 11) is 0. The van der Waals surface area contributed by atoms with E-state index in [4.69, 9.17) is 5.11 Å². The van der Waals surface area contributed by atoms with Crippen molar-refractivity contribution in [1.82, 2.24) is 15.1 Å². The fourth-order valence-electron chi connectivity index (χ4n) is 2.28. The molecule has 3 heterocycles. The van der Waals surface area contributed by atoms with Crippen LogP contribution in [0.25, 0.3) is 10.6 Å². The van der Waals surface area contributed by atoms with Crippen LogP contribution in [0.15, 0.2) is 16.8 Å². The van der Waals surface area contributed by atoms with Crippen molar-refractivity contribution < 1.29 is 14.7 Å². The number of anilines is 1. The summed E-state index contributed by atoms with van der Waals surface area (Å²) >= 11 is 2.90. The lowest BCUT2D eigenvalue weighted by atomic mass is 9.97. The van der Waals surface area contributed by atoms with Gasteiger partial charge in [0.15, 0.2) is 0 Å². The van der Waals surface area contributed by atoms with Crippen molar-refractivity contribution in [2.24, 2.45) is 5.92 Å². The molecule has 0 spiro atoms. The van der Waals surface area contributed by atoms with Gasteiger partial charge in [-0.3, -0.25) is 10.1 Å². The van der Waals surface area contributed by atoms with E-state index in [-0.39, 0.29) is 11.9 Å². The van der Waals surface area contributed by atoms with Crippen LogP contribution in [0.3, 0.4) is 0 Å². The number of amides is 2. The van der Waals surface area contributed by atoms with E-state index >= 15 is 0 Å². The second kappa shape index (κ2) is 6.41. The Morgan fingerprint density at radius 2 is 2.09 bits per heavy atom. The number of rotatable bonds is 3. The van der Waals surface area contributed by atoms with Gasteiger partial charge in [-0.05, 0) is 24.3 Å². The van der Waals surface area contributed by atoms with Crippen LogP contribution in [-0.4, -0.2) is 45.3 Å². The first-order valence-electron chi connectivity index (χ1n) is 6.78. The number of aliphatic carboxylic acids is 1. The summed E-state index contributed by atoms with van der Waals surface area (Å²) in [5.41, 5.74) is 0.991. The van der Waals surface area contributed by atoms with Crippen LogP contribution in [0, 0.1) is 5.92 Å². The van der Waals surface area contributed by atoms with Gasteiger partial charge in [0.2, 0.25) is 5.13 Å². The number of nitrogens with one attached hydrogen (secondary N) is 1. The molecule has 116 valence electrons. The standard InChI is InChI=1S/C13H14N4O3S2/c18-11(19)8-1-4-17(5-2-8)13(20)14-12-16-15-10(22-12)9-3-6-21-7-9/h3,6-8H,1-2,4-5H2,(H,18,19)(H,14,16,20). The fourth-order valence-corrected chi connectivity index (χ4v) is 3.72. The number of piperidine rings is 1. The molecule has 0 atom stereocenters. The highest BCUT2D eigenvalue weighted by atomic mass is 32.1. The molecule has 0 radical (unpaired) electrons. The molecule has 9 heteroatoms. The van der Waals surface area contributed by atoms with Gasteiger partial charge in [0.25, 0.3) is 0 Å². The number of hydrogen-bond donors (Lipinski definition) is 2. The summed E-state index contributed by atoms with van der Waals surface area (Å²) in [6.07, 6.45) is 0.970. The second-order valence-corrected chi connectivity index (χ2v) is 6.71. The van der Waals surface area contributed by atoms with Gasteiger partial charge in [-0.25, -0.2) is 4.79 Å². The van der Waals surface area contributed by atoms with E-state index in [0.717, 1.165) is 10.6 Å². The average Bonchev–Trinajstić information content (AvgIpc) is 3.18. The highest BCUT2D eigenvalue weighted by Crippen LogP contribution is 2.28. The van der Waals surface area contributed by atoms with E-state index < -0.39 is 5.97 Å². The monoisotopic (exact) mass is 338 g/mol. The molecular weight excluding hydrogens is 324 g/mol. The molecule has 2 aromatic heterocycles. The molecule has 1 saturated heterocycles. The highest BCUT2D eigenvalue weighted by Gasteiger charge is 2.27. The number of urea groups is 1. The van der Waals surface area contributed by atoms with E-state index in [0.29, 0.717) is 31.1 Å². The first kappa shape index (κ1) is 14.9. The molecule has 7 nitrogen and oxygen atoms in total. The van der Waals surface area contributed by atoms with Crippen LogP contribution < -0.4 is 5.32 Å². The maximum atomic E-state index is 12.1. The predicted molar refractivity (Wildman–Crippen MR) is 84.2 cm³/mol. The Bertz CT molecular complexity index is 663. The van der Waals surface area contributed by atoms with E-state index in [1.54, 1.807) is 16.2 Å². The third-order valence-electron chi connectivity index (χ3n) is 3.54. The zero-order valence-electron chi connectivity index (χ0n) is 11.6. The lowest BCUT2D eigenvalue weighted by molar-refractivity contribution is -0.143. The van der Waals surface area contributed by atoms with E-state index in [1.165, 1.54) is 11.3 Å². The first-order valence-corrected chi connectivity index (χ1v) is 8.54. The predicted octanol–water partition coefficient (Wildman–Crippen LogP) is 2.60. The van der Waals surface area contributed by atoms with E-state index in [9.17, 15) is 9.59 Å². The molecule has 0 aliphatic carbocycles. The van der Waals surface area contributed by atoms with Gasteiger partial charge in [0.05, 0.1) is 5.92 Å². The summed E-state index contributed by atoms with van der Waals surface area (Å²) in [5, 5.41) is 24.9. The topological polar surface area (TPSA) is 95.4 Å². The number of aromatic nitrogens is 2. The molecule has 1 aliphatic rings. The van der Waals surface area contributed by atoms with Crippen molar-refractivity contribution in [2.75, 3.05) is 18.4 Å². The van der Waals surface area contributed by atoms with E-state index in [2.05, 4.69) is 15.5 Å². The summed E-state index contributed by atoms with van der Waals surface area (Å²) in [4.78, 5) is 24.7. The number of carbonyl (C=O) groups excluding carboxylic acids is 1. The Morgan fingerprint density at radius 1 is 1.32 bits per heavy atom. The van der Waals surface area contributed by atoms with Crippen LogP contribution in [0.4, 0.5) is 9.93 Å². The van der Waals surface area contributed by atoms with Crippen LogP contribution >= 0.6 is 22.7 Å². The number of carbonyl (C=O) groups is 2. The largest absolute Gasteiger partial charge is 0.481 e. The molecule has 0 saturated carbocycles. The smallest absolute Gasteiger partial charge is 0.323 e. The Morgan fingerprint density at radius 3 is 2.73 bits per heavy atom. The van der Waals surface area contributed by atoms with Crippen LogP contribution in [0.2, 0.25) is 0 Å². The van der Waals surface area contributed by atoms with Crippen molar-refractivity contribution in [3.63, 3.8) is 0 Å². The molecule has 0 aromatic carbocycles. The van der Waals surface area contributed by atoms with Crippen LogP contribution in [0.5, 0.6) is 0 Å². The second-order valence-electron chi connectivity index (χ2n) is 4.95. The van der Waals surface area contributed by atoms with Gasteiger partial charge in [-0.15, -0.1) is 10.2 Å². The van der Waals surface area contributed by atoms with Crippen LogP contribution in [-0.2, 0) is 4.79 Å². The molecule has 2 amide bonds. The van der Waals surface area contributed by atoms with Gasteiger partial charge in [-0.2, -0.15) is 11.3 Å². The molecule has 0 unspecified atom stereocenters. The van der Waals surface area contributed by atoms with Gasteiger partial charge < -0.3 is 10.0 Å². The van der Waals surface area contributed by atoms with Gasteiger partial charge in [0.1, 0.15) is 5.01 Å². The number of likely N-dealkylation sites (tertiary alicyclic amines) is 1. The Labute approximate surface area is 134 Å². The minimum absolute atomic E-state index is 0.253. The van der Waals surface area contributed by atoms with Crippen molar-refractivity contribution >= 4 is 39.8 Å². The normalized spacial score (nSPS) is 15.7. The first-order chi connectivity index (χ1) is 10.6. The number of carboxylic acids is 1. The molecular formula is C13H14N4O3S2. The highest BCUT2D eigenvalue weighted by molar-refractivity contribution is 7.19. The summed E-state index contributed by atoms with van der Waals surface area (Å²) < 4.78 is 0. The molecule has 0 bridgehead atoms. The number of thiophene rings is 1. The Kier molecular flexibility index (Phi) is 4.34. The summed E-state index contributed by atoms with van der Waals surface area (Å²) in [6, 6.07) is 1.70. The molecule has 3 rings (SSSR count). The van der Waals surface area contributed by atoms with Gasteiger partial charge >= 0.3 is 12.0 Å². The lowest BCUT2D eigenvalue weighted by Crippen LogP contribution is -2.42. The minimum atomic E-state index is -0.787. The van der Waals surface area contributed by atoms with Gasteiger partial charge in [-0.1, -0.05) is 11.3 Å². The van der Waals surface area contributed by atoms with Crippen molar-refractivity contribution in [3.05, 3.63) is 16.8 Å². The zero-order valence-corrected chi connectivity index (χ0v) is 13.2. The number of nitrogens with zero attached hydrogens (tertiary/aromatic N) is 3. The lowest BCUT2D eigenvalue weighted by Gasteiger charge is -2.29.